The van der Waals surface area contributed by atoms with Gasteiger partial charge in [-0.15, -0.1) is 0 Å². The minimum absolute atomic E-state index is 0.133. The molecule has 1 heteroatoms. The Bertz CT molecular complexity index is 1500. The Balaban J connectivity index is 1.65. The van der Waals surface area contributed by atoms with Gasteiger partial charge in [-0.25, -0.2) is 0 Å². The predicted molar refractivity (Wildman–Crippen MR) is 152 cm³/mol. The first-order chi connectivity index (χ1) is 17.4. The van der Waals surface area contributed by atoms with Crippen LogP contribution in [0.4, 0.5) is 5.69 Å². The van der Waals surface area contributed by atoms with Gasteiger partial charge in [-0.1, -0.05) is 124 Å². The second-order valence-corrected chi connectivity index (χ2v) is 10.9. The van der Waals surface area contributed by atoms with Crippen molar-refractivity contribution in [2.75, 3.05) is 5.73 Å². The van der Waals surface area contributed by atoms with E-state index in [1.54, 1.807) is 0 Å². The van der Waals surface area contributed by atoms with Crippen molar-refractivity contribution in [1.82, 2.24) is 0 Å². The second kappa shape index (κ2) is 8.24. The maximum atomic E-state index is 6.41. The summed E-state index contributed by atoms with van der Waals surface area (Å²) in [5.74, 6) is 0. The number of rotatable bonds is 3. The lowest BCUT2D eigenvalue weighted by Gasteiger charge is -2.34. The number of hydrogen-bond acceptors (Lipinski definition) is 1. The van der Waals surface area contributed by atoms with E-state index in [0.717, 1.165) is 5.69 Å². The lowest BCUT2D eigenvalue weighted by atomic mass is 9.67. The molecular formula is C35H31N. The van der Waals surface area contributed by atoms with Crippen LogP contribution >= 0.6 is 0 Å². The van der Waals surface area contributed by atoms with Crippen molar-refractivity contribution in [3.63, 3.8) is 0 Å². The van der Waals surface area contributed by atoms with Gasteiger partial charge >= 0.3 is 0 Å². The van der Waals surface area contributed by atoms with Crippen LogP contribution in [0.2, 0.25) is 0 Å². The molecule has 1 aliphatic rings. The molecular weight excluding hydrogens is 434 g/mol. The van der Waals surface area contributed by atoms with Crippen LogP contribution in [0.1, 0.15) is 48.6 Å². The molecule has 1 aliphatic carbocycles. The first-order valence-electron chi connectivity index (χ1n) is 12.7. The van der Waals surface area contributed by atoms with Crippen LogP contribution < -0.4 is 5.73 Å². The summed E-state index contributed by atoms with van der Waals surface area (Å²) in [5, 5.41) is 0. The third-order valence-electron chi connectivity index (χ3n) is 7.66. The molecule has 176 valence electrons. The number of nitrogen functional groups attached to an aromatic ring is 1. The van der Waals surface area contributed by atoms with Crippen molar-refractivity contribution in [3.05, 3.63) is 149 Å². The van der Waals surface area contributed by atoms with E-state index in [9.17, 15) is 0 Å². The van der Waals surface area contributed by atoms with Crippen molar-refractivity contribution < 1.29 is 0 Å². The third kappa shape index (κ3) is 3.38. The molecule has 0 spiro atoms. The van der Waals surface area contributed by atoms with Crippen molar-refractivity contribution in [3.8, 4) is 22.3 Å². The first kappa shape index (κ1) is 22.4. The fraction of sp³-hybridized carbons (Fsp3) is 0.143. The van der Waals surface area contributed by atoms with E-state index in [1.165, 1.54) is 50.1 Å². The largest absolute Gasteiger partial charge is 0.399 e. The highest BCUT2D eigenvalue weighted by Gasteiger charge is 2.46. The van der Waals surface area contributed by atoms with E-state index < -0.39 is 5.41 Å². The summed E-state index contributed by atoms with van der Waals surface area (Å²) in [6.45, 7) is 6.78. The molecule has 36 heavy (non-hydrogen) atoms. The van der Waals surface area contributed by atoms with Crippen LogP contribution in [-0.2, 0) is 10.8 Å². The zero-order chi connectivity index (χ0) is 24.9. The average Bonchev–Trinajstić information content (AvgIpc) is 3.19. The molecule has 0 aliphatic heterocycles. The standard InChI is InChI=1S/C35H31N/c1-34(2,3)26-17-14-24(15-18-26)25-16-20-30-31-21-19-29(36)23-33(31)35(32(30)22-25,27-10-6-4-7-11-27)28-12-8-5-9-13-28/h4-23H,36H2,1-3H3. The van der Waals surface area contributed by atoms with Gasteiger partial charge in [0, 0.05) is 5.69 Å². The molecule has 0 aromatic heterocycles. The van der Waals surface area contributed by atoms with Crippen LogP contribution in [0.3, 0.4) is 0 Å². The summed E-state index contributed by atoms with van der Waals surface area (Å²) in [6.07, 6.45) is 0. The van der Waals surface area contributed by atoms with E-state index >= 15 is 0 Å². The molecule has 0 atom stereocenters. The highest BCUT2D eigenvalue weighted by Crippen LogP contribution is 2.57. The highest BCUT2D eigenvalue weighted by molar-refractivity contribution is 5.89. The summed E-state index contributed by atoms with van der Waals surface area (Å²) < 4.78 is 0. The zero-order valence-corrected chi connectivity index (χ0v) is 21.1. The van der Waals surface area contributed by atoms with E-state index in [4.69, 9.17) is 5.73 Å². The first-order valence-corrected chi connectivity index (χ1v) is 12.7. The van der Waals surface area contributed by atoms with Gasteiger partial charge in [0.2, 0.25) is 0 Å². The SMILES string of the molecule is CC(C)(C)c1ccc(-c2ccc3c(c2)C(c2ccccc2)(c2ccccc2)c2cc(N)ccc2-3)cc1. The Hall–Kier alpha value is -4.10. The molecule has 5 aromatic rings. The zero-order valence-electron chi connectivity index (χ0n) is 21.1. The molecule has 0 amide bonds. The van der Waals surface area contributed by atoms with Crippen molar-refractivity contribution in [2.24, 2.45) is 0 Å². The van der Waals surface area contributed by atoms with E-state index in [2.05, 4.69) is 136 Å². The fourth-order valence-electron chi connectivity index (χ4n) is 5.85. The molecule has 0 saturated heterocycles. The summed E-state index contributed by atoms with van der Waals surface area (Å²) in [6, 6.07) is 44.1. The van der Waals surface area contributed by atoms with Gasteiger partial charge in [0.1, 0.15) is 0 Å². The van der Waals surface area contributed by atoms with Crippen LogP contribution in [0, 0.1) is 0 Å². The molecule has 6 rings (SSSR count). The smallest absolute Gasteiger partial charge is 0.0714 e. The Morgan fingerprint density at radius 3 is 1.58 bits per heavy atom. The topological polar surface area (TPSA) is 26.0 Å². The minimum atomic E-state index is -0.441. The van der Waals surface area contributed by atoms with Gasteiger partial charge in [0.25, 0.3) is 0 Å². The summed E-state index contributed by atoms with van der Waals surface area (Å²) >= 11 is 0. The number of fused-ring (bicyclic) bond motifs is 3. The van der Waals surface area contributed by atoms with Crippen molar-refractivity contribution in [2.45, 2.75) is 31.6 Å². The van der Waals surface area contributed by atoms with Crippen molar-refractivity contribution in [1.29, 1.82) is 0 Å². The van der Waals surface area contributed by atoms with Crippen LogP contribution in [-0.4, -0.2) is 0 Å². The quantitative estimate of drug-likeness (QED) is 0.260. The van der Waals surface area contributed by atoms with Crippen LogP contribution in [0.25, 0.3) is 22.3 Å². The number of anilines is 1. The number of benzene rings is 5. The molecule has 0 fully saturated rings. The van der Waals surface area contributed by atoms with Crippen molar-refractivity contribution >= 4 is 5.69 Å². The molecule has 0 radical (unpaired) electrons. The van der Waals surface area contributed by atoms with Gasteiger partial charge in [-0.2, -0.15) is 0 Å². The number of nitrogens with two attached hydrogens (primary N) is 1. The Morgan fingerprint density at radius 1 is 0.528 bits per heavy atom. The van der Waals surface area contributed by atoms with Gasteiger partial charge in [-0.3, -0.25) is 0 Å². The van der Waals surface area contributed by atoms with E-state index in [0.29, 0.717) is 0 Å². The summed E-state index contributed by atoms with van der Waals surface area (Å²) in [7, 11) is 0. The average molecular weight is 466 g/mol. The molecule has 0 unspecified atom stereocenters. The summed E-state index contributed by atoms with van der Waals surface area (Å²) in [4.78, 5) is 0. The van der Waals surface area contributed by atoms with Gasteiger partial charge in [-0.05, 0) is 73.7 Å². The molecule has 0 saturated carbocycles. The maximum Gasteiger partial charge on any atom is 0.0714 e. The lowest BCUT2D eigenvalue weighted by Crippen LogP contribution is -2.28. The molecule has 2 N–H and O–H groups in total. The number of hydrogen-bond donors (Lipinski definition) is 1. The molecule has 0 bridgehead atoms. The Morgan fingerprint density at radius 2 is 1.03 bits per heavy atom. The minimum Gasteiger partial charge on any atom is -0.399 e. The van der Waals surface area contributed by atoms with Gasteiger partial charge in [0.05, 0.1) is 5.41 Å². The van der Waals surface area contributed by atoms with E-state index in [1.807, 2.05) is 6.07 Å². The third-order valence-corrected chi connectivity index (χ3v) is 7.66. The normalized spacial score (nSPS) is 13.8. The molecule has 5 aromatic carbocycles. The fourth-order valence-corrected chi connectivity index (χ4v) is 5.85. The highest BCUT2D eigenvalue weighted by atomic mass is 14.6. The van der Waals surface area contributed by atoms with Crippen LogP contribution in [0.5, 0.6) is 0 Å². The monoisotopic (exact) mass is 465 g/mol. The van der Waals surface area contributed by atoms with Crippen LogP contribution in [0.15, 0.2) is 121 Å². The Kier molecular flexibility index (Phi) is 5.12. The van der Waals surface area contributed by atoms with Gasteiger partial charge in [0.15, 0.2) is 0 Å². The van der Waals surface area contributed by atoms with Gasteiger partial charge < -0.3 is 5.73 Å². The molecule has 1 nitrogen and oxygen atoms in total. The van der Waals surface area contributed by atoms with E-state index in [-0.39, 0.29) is 5.41 Å². The Labute approximate surface area is 214 Å². The predicted octanol–water partition coefficient (Wildman–Crippen LogP) is 8.60. The second-order valence-electron chi connectivity index (χ2n) is 10.9. The summed E-state index contributed by atoms with van der Waals surface area (Å²) in [5.41, 5.74) is 18.3. The molecule has 0 heterocycles. The maximum absolute atomic E-state index is 6.41. The lowest BCUT2D eigenvalue weighted by molar-refractivity contribution is 0.590.